The molecule has 7 heteroatoms. The van der Waals surface area contributed by atoms with Crippen molar-refractivity contribution in [1.82, 2.24) is 9.46 Å². The minimum atomic E-state index is -3.88. The van der Waals surface area contributed by atoms with Crippen molar-refractivity contribution in [3.05, 3.63) is 47.6 Å². The highest BCUT2D eigenvalue weighted by molar-refractivity contribution is 7.89. The molecule has 19 heavy (non-hydrogen) atoms. The molecule has 2 rings (SSSR count). The maximum atomic E-state index is 13.5. The third kappa shape index (κ3) is 2.82. The van der Waals surface area contributed by atoms with Gasteiger partial charge in [-0.1, -0.05) is 17.3 Å². The molecule has 0 aliphatic heterocycles. The van der Waals surface area contributed by atoms with E-state index in [0.717, 1.165) is 10.4 Å². The van der Waals surface area contributed by atoms with Gasteiger partial charge in [0.05, 0.1) is 12.2 Å². The molecule has 1 aromatic heterocycles. The molecule has 102 valence electrons. The minimum absolute atomic E-state index is 0.0218. The van der Waals surface area contributed by atoms with Gasteiger partial charge in [-0.25, -0.2) is 12.8 Å². The van der Waals surface area contributed by atoms with Crippen LogP contribution in [0.1, 0.15) is 11.5 Å². The summed E-state index contributed by atoms with van der Waals surface area (Å²) in [7, 11) is -2.52. The summed E-state index contributed by atoms with van der Waals surface area (Å²) in [6.45, 7) is 1.73. The lowest BCUT2D eigenvalue weighted by Gasteiger charge is -2.16. The van der Waals surface area contributed by atoms with Gasteiger partial charge in [0.1, 0.15) is 16.5 Å². The van der Waals surface area contributed by atoms with E-state index in [1.54, 1.807) is 13.0 Å². The molecule has 0 fully saturated rings. The van der Waals surface area contributed by atoms with Gasteiger partial charge in [0.25, 0.3) is 0 Å². The molecule has 0 saturated carbocycles. The van der Waals surface area contributed by atoms with Crippen LogP contribution in [0.25, 0.3) is 0 Å². The van der Waals surface area contributed by atoms with Crippen molar-refractivity contribution in [2.75, 3.05) is 7.05 Å². The topological polar surface area (TPSA) is 63.4 Å². The van der Waals surface area contributed by atoms with E-state index in [1.807, 2.05) is 0 Å². The first kappa shape index (κ1) is 13.7. The van der Waals surface area contributed by atoms with E-state index in [-0.39, 0.29) is 11.4 Å². The molecule has 2 aromatic rings. The Bertz CT molecular complexity index is 682. The van der Waals surface area contributed by atoms with Gasteiger partial charge >= 0.3 is 0 Å². The second-order valence-corrected chi connectivity index (χ2v) is 6.13. The van der Waals surface area contributed by atoms with Crippen LogP contribution in [0, 0.1) is 12.7 Å². The van der Waals surface area contributed by atoms with Crippen LogP contribution in [0.2, 0.25) is 0 Å². The molecule has 0 spiro atoms. The molecule has 0 aliphatic carbocycles. The first-order valence-corrected chi connectivity index (χ1v) is 6.98. The van der Waals surface area contributed by atoms with E-state index in [0.29, 0.717) is 11.5 Å². The van der Waals surface area contributed by atoms with Crippen LogP contribution < -0.4 is 0 Å². The zero-order valence-electron chi connectivity index (χ0n) is 10.5. The van der Waals surface area contributed by atoms with Crippen molar-refractivity contribution in [1.29, 1.82) is 0 Å². The number of halogens is 1. The minimum Gasteiger partial charge on any atom is -0.361 e. The molecule has 0 atom stereocenters. The molecular formula is C12H13FN2O3S. The van der Waals surface area contributed by atoms with Gasteiger partial charge < -0.3 is 4.52 Å². The zero-order chi connectivity index (χ0) is 14.0. The Labute approximate surface area is 110 Å². The third-order valence-corrected chi connectivity index (χ3v) is 4.42. The van der Waals surface area contributed by atoms with Crippen molar-refractivity contribution in [2.45, 2.75) is 18.4 Å². The number of hydrogen-bond acceptors (Lipinski definition) is 4. The molecular weight excluding hydrogens is 271 g/mol. The van der Waals surface area contributed by atoms with Crippen LogP contribution in [-0.2, 0) is 16.6 Å². The van der Waals surface area contributed by atoms with Crippen LogP contribution in [0.5, 0.6) is 0 Å². The molecule has 0 aliphatic rings. The van der Waals surface area contributed by atoms with Crippen LogP contribution in [0.3, 0.4) is 0 Å². The highest BCUT2D eigenvalue weighted by Gasteiger charge is 2.24. The van der Waals surface area contributed by atoms with E-state index < -0.39 is 15.8 Å². The van der Waals surface area contributed by atoms with Gasteiger partial charge in [0, 0.05) is 13.1 Å². The molecule has 1 aromatic carbocycles. The third-order valence-electron chi connectivity index (χ3n) is 2.59. The lowest BCUT2D eigenvalue weighted by atomic mass is 10.3. The number of benzene rings is 1. The number of hydrogen-bond donors (Lipinski definition) is 0. The summed E-state index contributed by atoms with van der Waals surface area (Å²) in [5, 5.41) is 3.71. The first-order chi connectivity index (χ1) is 8.91. The molecule has 1 heterocycles. The summed E-state index contributed by atoms with van der Waals surface area (Å²) in [6.07, 6.45) is 0. The fourth-order valence-electron chi connectivity index (χ4n) is 1.63. The maximum Gasteiger partial charge on any atom is 0.246 e. The first-order valence-electron chi connectivity index (χ1n) is 5.54. The van der Waals surface area contributed by atoms with E-state index >= 15 is 0 Å². The Morgan fingerprint density at radius 2 is 2.05 bits per heavy atom. The maximum absolute atomic E-state index is 13.5. The molecule has 0 saturated heterocycles. The fraction of sp³-hybridized carbons (Fsp3) is 0.250. The van der Waals surface area contributed by atoms with Gasteiger partial charge in [0.15, 0.2) is 0 Å². The number of aryl methyl sites for hydroxylation is 1. The second-order valence-electron chi connectivity index (χ2n) is 4.12. The highest BCUT2D eigenvalue weighted by atomic mass is 32.2. The van der Waals surface area contributed by atoms with Gasteiger partial charge in [-0.05, 0) is 19.1 Å². The summed E-state index contributed by atoms with van der Waals surface area (Å²) >= 11 is 0. The van der Waals surface area contributed by atoms with Gasteiger partial charge in [-0.2, -0.15) is 4.31 Å². The predicted octanol–water partition coefficient (Wildman–Crippen LogP) is 1.94. The molecule has 0 radical (unpaired) electrons. The predicted molar refractivity (Wildman–Crippen MR) is 66.3 cm³/mol. The lowest BCUT2D eigenvalue weighted by molar-refractivity contribution is 0.377. The smallest absolute Gasteiger partial charge is 0.246 e. The highest BCUT2D eigenvalue weighted by Crippen LogP contribution is 2.19. The molecule has 0 unspecified atom stereocenters. The van der Waals surface area contributed by atoms with Gasteiger partial charge in [-0.3, -0.25) is 0 Å². The molecule has 0 N–H and O–H groups in total. The Hall–Kier alpha value is -1.73. The van der Waals surface area contributed by atoms with Crippen LogP contribution in [-0.4, -0.2) is 24.9 Å². The Morgan fingerprint density at radius 3 is 2.63 bits per heavy atom. The van der Waals surface area contributed by atoms with Crippen molar-refractivity contribution in [3.8, 4) is 0 Å². The normalized spacial score (nSPS) is 12.0. The Balaban J connectivity index is 2.27. The second kappa shape index (κ2) is 5.10. The van der Waals surface area contributed by atoms with Gasteiger partial charge in [-0.15, -0.1) is 0 Å². The van der Waals surface area contributed by atoms with Crippen LogP contribution >= 0.6 is 0 Å². The standard InChI is InChI=1S/C12H13FN2O3S/c1-9-7-10(14-18-9)8-15(2)19(16,17)12-6-4-3-5-11(12)13/h3-7H,8H2,1-2H3. The summed E-state index contributed by atoms with van der Waals surface area (Å²) in [6, 6.07) is 6.89. The molecule has 0 amide bonds. The summed E-state index contributed by atoms with van der Waals surface area (Å²) in [5.41, 5.74) is 0.472. The van der Waals surface area contributed by atoms with Crippen molar-refractivity contribution in [2.24, 2.45) is 0 Å². The fourth-order valence-corrected chi connectivity index (χ4v) is 2.83. The lowest BCUT2D eigenvalue weighted by Crippen LogP contribution is -2.27. The average Bonchev–Trinajstić information content (AvgIpc) is 2.75. The quantitative estimate of drug-likeness (QED) is 0.860. The number of nitrogens with zero attached hydrogens (tertiary/aromatic N) is 2. The van der Waals surface area contributed by atoms with E-state index in [4.69, 9.17) is 4.52 Å². The Kier molecular flexibility index (Phi) is 3.68. The summed E-state index contributed by atoms with van der Waals surface area (Å²) < 4.78 is 43.8. The van der Waals surface area contributed by atoms with E-state index in [9.17, 15) is 12.8 Å². The van der Waals surface area contributed by atoms with Crippen molar-refractivity contribution >= 4 is 10.0 Å². The largest absolute Gasteiger partial charge is 0.361 e. The number of aromatic nitrogens is 1. The average molecular weight is 284 g/mol. The van der Waals surface area contributed by atoms with E-state index in [1.165, 1.54) is 25.2 Å². The monoisotopic (exact) mass is 284 g/mol. The summed E-state index contributed by atoms with van der Waals surface area (Å²) in [4.78, 5) is -0.349. The number of rotatable bonds is 4. The van der Waals surface area contributed by atoms with E-state index in [2.05, 4.69) is 5.16 Å². The SMILES string of the molecule is Cc1cc(CN(C)S(=O)(=O)c2ccccc2F)no1. The Morgan fingerprint density at radius 1 is 1.37 bits per heavy atom. The molecule has 0 bridgehead atoms. The number of sulfonamides is 1. The van der Waals surface area contributed by atoms with Gasteiger partial charge in [0.2, 0.25) is 10.0 Å². The zero-order valence-corrected chi connectivity index (χ0v) is 11.3. The van der Waals surface area contributed by atoms with Crippen LogP contribution in [0.4, 0.5) is 4.39 Å². The van der Waals surface area contributed by atoms with Crippen LogP contribution in [0.15, 0.2) is 39.8 Å². The van der Waals surface area contributed by atoms with Crippen molar-refractivity contribution < 1.29 is 17.3 Å². The summed E-state index contributed by atoms with van der Waals surface area (Å²) in [5.74, 6) is -0.183. The molecule has 5 nitrogen and oxygen atoms in total. The van der Waals surface area contributed by atoms with Crippen molar-refractivity contribution in [3.63, 3.8) is 0 Å².